The molecule has 0 radical (unpaired) electrons. The molecule has 0 aromatic carbocycles. The maximum Gasteiger partial charge on any atom is 0.131 e. The minimum atomic E-state index is 0.549. The first-order valence-electron chi connectivity index (χ1n) is 5.30. The van der Waals surface area contributed by atoms with Crippen molar-refractivity contribution in [3.8, 4) is 0 Å². The van der Waals surface area contributed by atoms with Crippen molar-refractivity contribution in [3.05, 3.63) is 23.5 Å². The fraction of sp³-hybridized carbons (Fsp3) is 0.545. The van der Waals surface area contributed by atoms with Crippen LogP contribution in [0.1, 0.15) is 12.8 Å². The highest BCUT2D eigenvalue weighted by molar-refractivity contribution is 6.29. The third-order valence-electron chi connectivity index (χ3n) is 2.82. The van der Waals surface area contributed by atoms with E-state index in [0.717, 1.165) is 18.8 Å². The van der Waals surface area contributed by atoms with Crippen LogP contribution in [0.4, 0.5) is 5.69 Å². The maximum absolute atomic E-state index is 5.83. The Morgan fingerprint density at radius 1 is 1.47 bits per heavy atom. The summed E-state index contributed by atoms with van der Waals surface area (Å²) in [6, 6.07) is 4.41. The Bertz CT molecular complexity index is 321. The van der Waals surface area contributed by atoms with Gasteiger partial charge >= 0.3 is 0 Å². The van der Waals surface area contributed by atoms with Gasteiger partial charge in [0.2, 0.25) is 0 Å². The second-order valence-corrected chi connectivity index (χ2v) is 4.48. The summed E-state index contributed by atoms with van der Waals surface area (Å²) in [7, 11) is 2.17. The molecule has 1 aliphatic heterocycles. The number of hydrogen-bond acceptors (Lipinski definition) is 3. The lowest BCUT2D eigenvalue weighted by atomic mass is 10.1. The number of halogens is 1. The van der Waals surface area contributed by atoms with Crippen LogP contribution in [0.2, 0.25) is 5.15 Å². The third kappa shape index (κ3) is 3.08. The van der Waals surface area contributed by atoms with Gasteiger partial charge in [0, 0.05) is 17.9 Å². The molecule has 0 aliphatic carbocycles. The summed E-state index contributed by atoms with van der Waals surface area (Å²) in [4.78, 5) is 6.32. The maximum atomic E-state index is 5.83. The van der Waals surface area contributed by atoms with Crippen molar-refractivity contribution in [2.75, 3.05) is 25.5 Å². The van der Waals surface area contributed by atoms with Crippen LogP contribution in [-0.4, -0.2) is 36.1 Å². The monoisotopic (exact) mass is 225 g/mol. The molecular formula is C11H16ClN3. The van der Waals surface area contributed by atoms with E-state index in [2.05, 4.69) is 22.2 Å². The van der Waals surface area contributed by atoms with Crippen molar-refractivity contribution in [1.29, 1.82) is 0 Å². The lowest BCUT2D eigenvalue weighted by Crippen LogP contribution is -2.36. The highest BCUT2D eigenvalue weighted by Gasteiger charge is 2.15. The molecule has 1 aromatic rings. The zero-order valence-electron chi connectivity index (χ0n) is 8.91. The summed E-state index contributed by atoms with van der Waals surface area (Å²) in [5, 5.41) is 4.04. The first-order valence-corrected chi connectivity index (χ1v) is 5.68. The number of likely N-dealkylation sites (tertiary alicyclic amines) is 1. The van der Waals surface area contributed by atoms with Gasteiger partial charge < -0.3 is 10.2 Å². The van der Waals surface area contributed by atoms with E-state index in [1.807, 2.05) is 12.1 Å². The predicted molar refractivity (Wildman–Crippen MR) is 63.4 cm³/mol. The number of pyridine rings is 1. The summed E-state index contributed by atoms with van der Waals surface area (Å²) in [6.07, 6.45) is 4.12. The molecule has 0 unspecified atom stereocenters. The summed E-state index contributed by atoms with van der Waals surface area (Å²) >= 11 is 5.83. The van der Waals surface area contributed by atoms with Crippen molar-refractivity contribution in [1.82, 2.24) is 9.88 Å². The van der Waals surface area contributed by atoms with E-state index in [1.54, 1.807) is 6.20 Å². The molecule has 1 N–H and O–H groups in total. The lowest BCUT2D eigenvalue weighted by molar-refractivity contribution is 0.264. The Kier molecular flexibility index (Phi) is 3.44. The van der Waals surface area contributed by atoms with E-state index in [9.17, 15) is 0 Å². The quantitative estimate of drug-likeness (QED) is 0.783. The van der Waals surface area contributed by atoms with E-state index < -0.39 is 0 Å². The summed E-state index contributed by atoms with van der Waals surface area (Å²) < 4.78 is 0. The van der Waals surface area contributed by atoms with E-state index in [1.165, 1.54) is 12.8 Å². The number of rotatable bonds is 2. The molecule has 0 spiro atoms. The molecule has 1 saturated heterocycles. The van der Waals surface area contributed by atoms with Crippen molar-refractivity contribution in [2.45, 2.75) is 18.9 Å². The van der Waals surface area contributed by atoms with Crippen LogP contribution in [0.5, 0.6) is 0 Å². The first kappa shape index (κ1) is 10.7. The van der Waals surface area contributed by atoms with Crippen LogP contribution in [0.3, 0.4) is 0 Å². The number of piperidine rings is 1. The Morgan fingerprint density at radius 3 is 2.87 bits per heavy atom. The smallest absolute Gasteiger partial charge is 0.131 e. The molecule has 0 bridgehead atoms. The third-order valence-corrected chi connectivity index (χ3v) is 3.02. The number of nitrogens with one attached hydrogen (secondary N) is 1. The highest BCUT2D eigenvalue weighted by atomic mass is 35.5. The molecule has 1 aliphatic rings. The SMILES string of the molecule is CN1CCC(Nc2ccnc(Cl)c2)CC1. The molecule has 1 fully saturated rings. The standard InChI is InChI=1S/C11H16ClN3/c1-15-6-3-9(4-7-15)14-10-2-5-13-11(12)8-10/h2,5,8-9H,3-4,6-7H2,1H3,(H,13,14). The minimum Gasteiger partial charge on any atom is -0.382 e. The van der Waals surface area contributed by atoms with Crippen molar-refractivity contribution in [3.63, 3.8) is 0 Å². The van der Waals surface area contributed by atoms with E-state index in [0.29, 0.717) is 11.2 Å². The van der Waals surface area contributed by atoms with Crippen LogP contribution < -0.4 is 5.32 Å². The van der Waals surface area contributed by atoms with Crippen LogP contribution >= 0.6 is 11.6 Å². The van der Waals surface area contributed by atoms with E-state index >= 15 is 0 Å². The first-order chi connectivity index (χ1) is 7.24. The van der Waals surface area contributed by atoms with Gasteiger partial charge in [0.1, 0.15) is 5.15 Å². The van der Waals surface area contributed by atoms with Gasteiger partial charge in [-0.25, -0.2) is 4.98 Å². The highest BCUT2D eigenvalue weighted by Crippen LogP contribution is 2.17. The number of aromatic nitrogens is 1. The summed E-state index contributed by atoms with van der Waals surface area (Å²) in [6.45, 7) is 2.33. The fourth-order valence-electron chi connectivity index (χ4n) is 1.88. The van der Waals surface area contributed by atoms with Gasteiger partial charge in [-0.3, -0.25) is 0 Å². The molecular weight excluding hydrogens is 210 g/mol. The molecule has 0 saturated carbocycles. The Balaban J connectivity index is 1.92. The zero-order chi connectivity index (χ0) is 10.7. The van der Waals surface area contributed by atoms with Crippen molar-refractivity contribution >= 4 is 17.3 Å². The summed E-state index contributed by atoms with van der Waals surface area (Å²) in [5.74, 6) is 0. The molecule has 15 heavy (non-hydrogen) atoms. The van der Waals surface area contributed by atoms with Crippen molar-refractivity contribution < 1.29 is 0 Å². The molecule has 0 atom stereocenters. The fourth-order valence-corrected chi connectivity index (χ4v) is 2.05. The Labute approximate surface area is 95.4 Å². The molecule has 82 valence electrons. The predicted octanol–water partition coefficient (Wildman–Crippen LogP) is 2.24. The Hall–Kier alpha value is -0.800. The van der Waals surface area contributed by atoms with Crippen molar-refractivity contribution in [2.24, 2.45) is 0 Å². The average molecular weight is 226 g/mol. The zero-order valence-corrected chi connectivity index (χ0v) is 9.67. The van der Waals surface area contributed by atoms with E-state index in [4.69, 9.17) is 11.6 Å². The van der Waals surface area contributed by atoms with Gasteiger partial charge in [0.15, 0.2) is 0 Å². The van der Waals surface area contributed by atoms with Crippen LogP contribution in [0, 0.1) is 0 Å². The molecule has 1 aromatic heterocycles. The summed E-state index contributed by atoms with van der Waals surface area (Å²) in [5.41, 5.74) is 1.07. The average Bonchev–Trinajstić information content (AvgIpc) is 2.22. The Morgan fingerprint density at radius 2 is 2.20 bits per heavy atom. The van der Waals surface area contributed by atoms with Gasteiger partial charge in [-0.1, -0.05) is 11.6 Å². The minimum absolute atomic E-state index is 0.549. The molecule has 2 heterocycles. The number of hydrogen-bond donors (Lipinski definition) is 1. The van der Waals surface area contributed by atoms with Gasteiger partial charge in [0.05, 0.1) is 0 Å². The molecule has 3 nitrogen and oxygen atoms in total. The second kappa shape index (κ2) is 4.81. The van der Waals surface area contributed by atoms with E-state index in [-0.39, 0.29) is 0 Å². The van der Waals surface area contributed by atoms with Crippen LogP contribution in [0.25, 0.3) is 0 Å². The number of nitrogens with zero attached hydrogens (tertiary/aromatic N) is 2. The largest absolute Gasteiger partial charge is 0.382 e. The normalized spacial score (nSPS) is 19.1. The van der Waals surface area contributed by atoms with Gasteiger partial charge in [0.25, 0.3) is 0 Å². The topological polar surface area (TPSA) is 28.2 Å². The van der Waals surface area contributed by atoms with Gasteiger partial charge in [-0.05, 0) is 45.1 Å². The molecule has 2 rings (SSSR count). The molecule has 4 heteroatoms. The van der Waals surface area contributed by atoms with Gasteiger partial charge in [-0.15, -0.1) is 0 Å². The van der Waals surface area contributed by atoms with Gasteiger partial charge in [-0.2, -0.15) is 0 Å². The number of anilines is 1. The van der Waals surface area contributed by atoms with Crippen LogP contribution in [0.15, 0.2) is 18.3 Å². The second-order valence-electron chi connectivity index (χ2n) is 4.09. The lowest BCUT2D eigenvalue weighted by Gasteiger charge is -2.30. The molecule has 0 amide bonds. The van der Waals surface area contributed by atoms with Crippen LogP contribution in [-0.2, 0) is 0 Å².